The van der Waals surface area contributed by atoms with Gasteiger partial charge in [-0.15, -0.1) is 0 Å². The maximum atomic E-state index is 10.8. The van der Waals surface area contributed by atoms with Crippen molar-refractivity contribution in [3.05, 3.63) is 12.0 Å². The third-order valence-corrected chi connectivity index (χ3v) is 0.889. The SMILES string of the molecule is COC=C(OC)C(=O)NC(=O)O. The molecule has 0 aromatic rings. The number of carboxylic acid groups (broad SMARTS) is 1. The highest BCUT2D eigenvalue weighted by Gasteiger charge is 2.12. The Morgan fingerprint density at radius 3 is 2.33 bits per heavy atom. The van der Waals surface area contributed by atoms with E-state index in [-0.39, 0.29) is 5.76 Å². The van der Waals surface area contributed by atoms with Crippen molar-refractivity contribution < 1.29 is 24.2 Å². The number of amides is 2. The molecule has 0 fully saturated rings. The number of imide groups is 1. The van der Waals surface area contributed by atoms with Gasteiger partial charge in [0.2, 0.25) is 5.76 Å². The van der Waals surface area contributed by atoms with Crippen molar-refractivity contribution in [3.8, 4) is 0 Å². The second-order valence-electron chi connectivity index (χ2n) is 1.68. The Bertz CT molecular complexity index is 210. The van der Waals surface area contributed by atoms with Crippen LogP contribution in [-0.4, -0.2) is 31.3 Å². The summed E-state index contributed by atoms with van der Waals surface area (Å²) >= 11 is 0. The highest BCUT2D eigenvalue weighted by molar-refractivity contribution is 6.00. The molecule has 0 bridgehead atoms. The zero-order valence-electron chi connectivity index (χ0n) is 6.66. The molecule has 6 nitrogen and oxygen atoms in total. The number of hydrogen-bond acceptors (Lipinski definition) is 4. The Morgan fingerprint density at radius 1 is 1.42 bits per heavy atom. The first-order chi connectivity index (χ1) is 5.61. The largest absolute Gasteiger partial charge is 0.500 e. The number of methoxy groups -OCH3 is 2. The summed E-state index contributed by atoms with van der Waals surface area (Å²) in [5.74, 6) is -1.08. The molecule has 0 aromatic heterocycles. The van der Waals surface area contributed by atoms with Crippen molar-refractivity contribution in [2.75, 3.05) is 14.2 Å². The number of rotatable bonds is 3. The molecule has 0 atom stereocenters. The molecule has 0 radical (unpaired) electrons. The van der Waals surface area contributed by atoms with Crippen molar-refractivity contribution in [1.29, 1.82) is 0 Å². The molecule has 0 aliphatic rings. The van der Waals surface area contributed by atoms with Crippen LogP contribution in [0.5, 0.6) is 0 Å². The van der Waals surface area contributed by atoms with E-state index in [4.69, 9.17) is 5.11 Å². The molecule has 0 saturated carbocycles. The third kappa shape index (κ3) is 3.45. The first-order valence-electron chi connectivity index (χ1n) is 2.93. The molecule has 2 amide bonds. The molecule has 0 aliphatic heterocycles. The minimum absolute atomic E-state index is 0.208. The summed E-state index contributed by atoms with van der Waals surface area (Å²) in [4.78, 5) is 20.8. The van der Waals surface area contributed by atoms with Gasteiger partial charge < -0.3 is 14.6 Å². The number of ether oxygens (including phenoxy) is 2. The maximum absolute atomic E-state index is 10.8. The minimum atomic E-state index is -1.45. The molecule has 0 rings (SSSR count). The lowest BCUT2D eigenvalue weighted by atomic mass is 10.5. The standard InChI is InChI=1S/C6H9NO5/c1-11-3-4(12-2)5(8)7-6(9)10/h3H,1-2H3,(H,7,8)(H,9,10). The molecular formula is C6H9NO5. The summed E-state index contributed by atoms with van der Waals surface area (Å²) in [7, 11) is 2.54. The normalized spacial score (nSPS) is 10.3. The van der Waals surface area contributed by atoms with Crippen LogP contribution in [0.4, 0.5) is 4.79 Å². The molecule has 0 spiro atoms. The fourth-order valence-electron chi connectivity index (χ4n) is 0.460. The van der Waals surface area contributed by atoms with Crippen molar-refractivity contribution in [3.63, 3.8) is 0 Å². The molecule has 0 aliphatic carbocycles. The van der Waals surface area contributed by atoms with Crippen LogP contribution in [0.2, 0.25) is 0 Å². The van der Waals surface area contributed by atoms with E-state index in [9.17, 15) is 9.59 Å². The number of hydrogen-bond donors (Lipinski definition) is 2. The Morgan fingerprint density at radius 2 is 2.00 bits per heavy atom. The van der Waals surface area contributed by atoms with E-state index in [1.165, 1.54) is 14.2 Å². The Labute approximate surface area is 68.8 Å². The van der Waals surface area contributed by atoms with Crippen LogP contribution >= 0.6 is 0 Å². The van der Waals surface area contributed by atoms with E-state index in [0.29, 0.717) is 0 Å². The van der Waals surface area contributed by atoms with E-state index < -0.39 is 12.0 Å². The van der Waals surface area contributed by atoms with Gasteiger partial charge in [-0.25, -0.2) is 4.79 Å². The molecule has 6 heteroatoms. The fraction of sp³-hybridized carbons (Fsp3) is 0.333. The molecule has 0 heterocycles. The lowest BCUT2D eigenvalue weighted by Crippen LogP contribution is -2.30. The van der Waals surface area contributed by atoms with Gasteiger partial charge in [0.25, 0.3) is 5.91 Å². The lowest BCUT2D eigenvalue weighted by Gasteiger charge is -2.02. The van der Waals surface area contributed by atoms with Gasteiger partial charge in [-0.2, -0.15) is 0 Å². The van der Waals surface area contributed by atoms with Gasteiger partial charge in [0.05, 0.1) is 14.2 Å². The van der Waals surface area contributed by atoms with Gasteiger partial charge in [0.15, 0.2) is 0 Å². The van der Waals surface area contributed by atoms with Crippen molar-refractivity contribution >= 4 is 12.0 Å². The molecule has 0 aromatic carbocycles. The second-order valence-corrected chi connectivity index (χ2v) is 1.68. The van der Waals surface area contributed by atoms with Gasteiger partial charge >= 0.3 is 6.09 Å². The van der Waals surface area contributed by atoms with Crippen LogP contribution in [0.25, 0.3) is 0 Å². The minimum Gasteiger partial charge on any atom is -0.500 e. The molecule has 0 unspecified atom stereocenters. The fourth-order valence-corrected chi connectivity index (χ4v) is 0.460. The Balaban J connectivity index is 4.22. The first-order valence-corrected chi connectivity index (χ1v) is 2.93. The second kappa shape index (κ2) is 5.00. The van der Waals surface area contributed by atoms with Crippen LogP contribution in [0.15, 0.2) is 12.0 Å². The van der Waals surface area contributed by atoms with E-state index in [1.807, 2.05) is 0 Å². The molecule has 12 heavy (non-hydrogen) atoms. The Kier molecular flexibility index (Phi) is 4.28. The molecule has 68 valence electrons. The van der Waals surface area contributed by atoms with E-state index in [1.54, 1.807) is 5.32 Å². The smallest absolute Gasteiger partial charge is 0.411 e. The van der Waals surface area contributed by atoms with Gasteiger partial charge in [0, 0.05) is 0 Å². The zero-order valence-corrected chi connectivity index (χ0v) is 6.66. The molecule has 0 saturated heterocycles. The summed E-state index contributed by atoms with van der Waals surface area (Å²) in [5, 5.41) is 9.72. The van der Waals surface area contributed by atoms with Crippen molar-refractivity contribution in [2.45, 2.75) is 0 Å². The predicted molar refractivity (Wildman–Crippen MR) is 38.3 cm³/mol. The predicted octanol–water partition coefficient (Wildman–Crippen LogP) is -0.0852. The van der Waals surface area contributed by atoms with Crippen LogP contribution in [0.1, 0.15) is 0 Å². The first kappa shape index (κ1) is 10.3. The summed E-state index contributed by atoms with van der Waals surface area (Å²) in [6, 6.07) is 0. The monoisotopic (exact) mass is 175 g/mol. The number of nitrogens with one attached hydrogen (secondary N) is 1. The summed E-state index contributed by atoms with van der Waals surface area (Å²) in [6.07, 6.45) is -0.447. The average molecular weight is 175 g/mol. The Hall–Kier alpha value is -1.72. The number of carbonyl (C=O) groups excluding carboxylic acids is 1. The topological polar surface area (TPSA) is 84.9 Å². The third-order valence-electron chi connectivity index (χ3n) is 0.889. The average Bonchev–Trinajstić information content (AvgIpc) is 1.98. The van der Waals surface area contributed by atoms with Crippen LogP contribution in [0, 0.1) is 0 Å². The van der Waals surface area contributed by atoms with Crippen LogP contribution < -0.4 is 5.32 Å². The highest BCUT2D eigenvalue weighted by Crippen LogP contribution is 1.94. The van der Waals surface area contributed by atoms with Crippen molar-refractivity contribution in [1.82, 2.24) is 5.32 Å². The van der Waals surface area contributed by atoms with E-state index >= 15 is 0 Å². The maximum Gasteiger partial charge on any atom is 0.411 e. The molecule has 2 N–H and O–H groups in total. The van der Waals surface area contributed by atoms with E-state index in [0.717, 1.165) is 6.26 Å². The quantitative estimate of drug-likeness (QED) is 0.462. The lowest BCUT2D eigenvalue weighted by molar-refractivity contribution is -0.119. The van der Waals surface area contributed by atoms with Crippen molar-refractivity contribution in [2.24, 2.45) is 0 Å². The van der Waals surface area contributed by atoms with Gasteiger partial charge in [0.1, 0.15) is 6.26 Å². The summed E-state index contributed by atoms with van der Waals surface area (Å²) < 4.78 is 8.97. The molecular weight excluding hydrogens is 166 g/mol. The van der Waals surface area contributed by atoms with E-state index in [2.05, 4.69) is 9.47 Å². The van der Waals surface area contributed by atoms with Crippen LogP contribution in [-0.2, 0) is 14.3 Å². The highest BCUT2D eigenvalue weighted by atomic mass is 16.5. The zero-order chi connectivity index (χ0) is 9.56. The summed E-state index contributed by atoms with van der Waals surface area (Å²) in [6.45, 7) is 0. The van der Waals surface area contributed by atoms with Gasteiger partial charge in [-0.3, -0.25) is 10.1 Å². The number of carbonyl (C=O) groups is 2. The van der Waals surface area contributed by atoms with Crippen LogP contribution in [0.3, 0.4) is 0 Å². The van der Waals surface area contributed by atoms with Gasteiger partial charge in [-0.05, 0) is 0 Å². The van der Waals surface area contributed by atoms with Gasteiger partial charge in [-0.1, -0.05) is 0 Å². The summed E-state index contributed by atoms with van der Waals surface area (Å²) in [5.41, 5.74) is 0.